The van der Waals surface area contributed by atoms with E-state index in [-0.39, 0.29) is 0 Å². The topological polar surface area (TPSA) is 46.8 Å². The zero-order chi connectivity index (χ0) is 19.3. The number of aryl methyl sites for hydroxylation is 2. The number of rotatable bonds is 6. The lowest BCUT2D eigenvalue weighted by Gasteiger charge is -2.26. The van der Waals surface area contributed by atoms with Gasteiger partial charge in [-0.25, -0.2) is 0 Å². The van der Waals surface area contributed by atoms with Crippen molar-refractivity contribution in [3.05, 3.63) is 53.9 Å². The van der Waals surface area contributed by atoms with Crippen molar-refractivity contribution < 1.29 is 0 Å². The van der Waals surface area contributed by atoms with E-state index >= 15 is 0 Å². The van der Waals surface area contributed by atoms with Crippen LogP contribution in [0.25, 0.3) is 17.1 Å². The van der Waals surface area contributed by atoms with E-state index in [9.17, 15) is 0 Å². The van der Waals surface area contributed by atoms with Crippen LogP contribution in [0.5, 0.6) is 0 Å². The summed E-state index contributed by atoms with van der Waals surface area (Å²) in [5.41, 5.74) is 4.58. The lowest BCUT2D eigenvalue weighted by atomic mass is 10.1. The fourth-order valence-corrected chi connectivity index (χ4v) is 4.62. The SMILES string of the molecule is Cc1ccc(C)c(-n2c(SCCN3CCCCC3)nnc2-c2cccnc2)c1. The van der Waals surface area contributed by atoms with Gasteiger partial charge in [0.2, 0.25) is 0 Å². The first-order valence-electron chi connectivity index (χ1n) is 10.0. The van der Waals surface area contributed by atoms with Crippen molar-refractivity contribution in [2.75, 3.05) is 25.4 Å². The van der Waals surface area contributed by atoms with Gasteiger partial charge in [-0.15, -0.1) is 10.2 Å². The Hall–Kier alpha value is -2.18. The van der Waals surface area contributed by atoms with Crippen LogP contribution >= 0.6 is 11.8 Å². The summed E-state index contributed by atoms with van der Waals surface area (Å²) in [6.45, 7) is 7.83. The van der Waals surface area contributed by atoms with Gasteiger partial charge in [-0.2, -0.15) is 0 Å². The summed E-state index contributed by atoms with van der Waals surface area (Å²) in [4.78, 5) is 6.84. The molecule has 3 aromatic rings. The third-order valence-electron chi connectivity index (χ3n) is 5.25. The summed E-state index contributed by atoms with van der Waals surface area (Å²) < 4.78 is 2.19. The number of hydrogen-bond acceptors (Lipinski definition) is 5. The molecule has 4 rings (SSSR count). The molecule has 0 atom stereocenters. The highest BCUT2D eigenvalue weighted by molar-refractivity contribution is 7.99. The molecule has 1 saturated heterocycles. The van der Waals surface area contributed by atoms with Gasteiger partial charge in [-0.05, 0) is 69.1 Å². The number of piperidine rings is 1. The molecule has 2 aromatic heterocycles. The minimum Gasteiger partial charge on any atom is -0.303 e. The van der Waals surface area contributed by atoms with Gasteiger partial charge in [-0.1, -0.05) is 30.3 Å². The highest BCUT2D eigenvalue weighted by Crippen LogP contribution is 2.29. The first-order valence-corrected chi connectivity index (χ1v) is 11.0. The maximum atomic E-state index is 4.55. The van der Waals surface area contributed by atoms with Gasteiger partial charge in [0.25, 0.3) is 0 Å². The van der Waals surface area contributed by atoms with E-state index in [2.05, 4.69) is 56.7 Å². The number of nitrogens with zero attached hydrogens (tertiary/aromatic N) is 5. The van der Waals surface area contributed by atoms with Crippen LogP contribution < -0.4 is 0 Å². The molecule has 0 amide bonds. The molecule has 0 spiro atoms. The van der Waals surface area contributed by atoms with Crippen LogP contribution in [0.2, 0.25) is 0 Å². The summed E-state index contributed by atoms with van der Waals surface area (Å²) in [6, 6.07) is 10.5. The Balaban J connectivity index is 1.64. The lowest BCUT2D eigenvalue weighted by Crippen LogP contribution is -2.31. The van der Waals surface area contributed by atoms with E-state index in [1.165, 1.54) is 43.5 Å². The van der Waals surface area contributed by atoms with E-state index in [0.717, 1.165) is 34.5 Å². The molecule has 1 aromatic carbocycles. The van der Waals surface area contributed by atoms with Gasteiger partial charge < -0.3 is 4.90 Å². The summed E-state index contributed by atoms with van der Waals surface area (Å²) in [6.07, 6.45) is 7.67. The predicted molar refractivity (Wildman–Crippen MR) is 115 cm³/mol. The number of likely N-dealkylation sites (tertiary alicyclic amines) is 1. The molecule has 146 valence electrons. The highest BCUT2D eigenvalue weighted by atomic mass is 32.2. The van der Waals surface area contributed by atoms with Crippen molar-refractivity contribution in [3.8, 4) is 17.1 Å². The number of pyridine rings is 1. The summed E-state index contributed by atoms with van der Waals surface area (Å²) >= 11 is 1.79. The molecule has 1 aliphatic heterocycles. The number of benzene rings is 1. The molecule has 0 saturated carbocycles. The van der Waals surface area contributed by atoms with Crippen LogP contribution in [0.1, 0.15) is 30.4 Å². The van der Waals surface area contributed by atoms with Crippen LogP contribution in [0.15, 0.2) is 47.9 Å². The lowest BCUT2D eigenvalue weighted by molar-refractivity contribution is 0.242. The van der Waals surface area contributed by atoms with E-state index in [1.54, 1.807) is 18.0 Å². The monoisotopic (exact) mass is 393 g/mol. The maximum Gasteiger partial charge on any atom is 0.196 e. The fraction of sp³-hybridized carbons (Fsp3) is 0.409. The maximum absolute atomic E-state index is 4.55. The first-order chi connectivity index (χ1) is 13.7. The number of aromatic nitrogens is 4. The zero-order valence-electron chi connectivity index (χ0n) is 16.6. The van der Waals surface area contributed by atoms with Gasteiger partial charge in [-0.3, -0.25) is 9.55 Å². The molecule has 6 heteroatoms. The summed E-state index contributed by atoms with van der Waals surface area (Å²) in [5, 5.41) is 10.0. The van der Waals surface area contributed by atoms with Gasteiger partial charge in [0.1, 0.15) is 0 Å². The van der Waals surface area contributed by atoms with Gasteiger partial charge >= 0.3 is 0 Å². The quantitative estimate of drug-likeness (QED) is 0.576. The van der Waals surface area contributed by atoms with Crippen molar-refractivity contribution in [3.63, 3.8) is 0 Å². The summed E-state index contributed by atoms with van der Waals surface area (Å²) in [7, 11) is 0. The van der Waals surface area contributed by atoms with Crippen molar-refractivity contribution in [1.82, 2.24) is 24.6 Å². The van der Waals surface area contributed by atoms with Crippen LogP contribution in [0, 0.1) is 13.8 Å². The first kappa shape index (κ1) is 19.2. The van der Waals surface area contributed by atoms with Crippen molar-refractivity contribution in [2.24, 2.45) is 0 Å². The van der Waals surface area contributed by atoms with Gasteiger partial charge in [0, 0.05) is 30.3 Å². The minimum atomic E-state index is 0.849. The van der Waals surface area contributed by atoms with Crippen LogP contribution in [-0.4, -0.2) is 50.0 Å². The average molecular weight is 394 g/mol. The average Bonchev–Trinajstić information content (AvgIpc) is 3.15. The second-order valence-corrected chi connectivity index (χ2v) is 8.49. The number of thioether (sulfide) groups is 1. The largest absolute Gasteiger partial charge is 0.303 e. The third-order valence-corrected chi connectivity index (χ3v) is 6.16. The third kappa shape index (κ3) is 4.28. The Labute approximate surface area is 171 Å². The summed E-state index contributed by atoms with van der Waals surface area (Å²) in [5.74, 6) is 1.87. The smallest absolute Gasteiger partial charge is 0.196 e. The van der Waals surface area contributed by atoms with Crippen molar-refractivity contribution in [1.29, 1.82) is 0 Å². The zero-order valence-corrected chi connectivity index (χ0v) is 17.5. The molecular weight excluding hydrogens is 366 g/mol. The van der Waals surface area contributed by atoms with Crippen molar-refractivity contribution >= 4 is 11.8 Å². The second-order valence-electron chi connectivity index (χ2n) is 7.42. The van der Waals surface area contributed by atoms with Crippen LogP contribution in [0.4, 0.5) is 0 Å². The molecule has 1 aliphatic rings. The van der Waals surface area contributed by atoms with Gasteiger partial charge in [0.15, 0.2) is 11.0 Å². The van der Waals surface area contributed by atoms with E-state index in [4.69, 9.17) is 0 Å². The van der Waals surface area contributed by atoms with Crippen molar-refractivity contribution in [2.45, 2.75) is 38.3 Å². The van der Waals surface area contributed by atoms with E-state index < -0.39 is 0 Å². The molecule has 0 aliphatic carbocycles. The molecule has 0 bridgehead atoms. The Morgan fingerprint density at radius 1 is 1.04 bits per heavy atom. The normalized spacial score (nSPS) is 15.1. The Morgan fingerprint density at radius 3 is 2.68 bits per heavy atom. The fourth-order valence-electron chi connectivity index (χ4n) is 3.67. The highest BCUT2D eigenvalue weighted by Gasteiger charge is 2.18. The van der Waals surface area contributed by atoms with E-state index in [1.807, 2.05) is 18.3 Å². The van der Waals surface area contributed by atoms with Gasteiger partial charge in [0.05, 0.1) is 5.69 Å². The minimum absolute atomic E-state index is 0.849. The Bertz CT molecular complexity index is 916. The predicted octanol–water partition coefficient (Wildman–Crippen LogP) is 4.52. The molecule has 5 nitrogen and oxygen atoms in total. The Morgan fingerprint density at radius 2 is 1.89 bits per heavy atom. The molecular formula is C22H27N5S. The van der Waals surface area contributed by atoms with Crippen LogP contribution in [-0.2, 0) is 0 Å². The molecule has 28 heavy (non-hydrogen) atoms. The molecule has 1 fully saturated rings. The van der Waals surface area contributed by atoms with E-state index in [0.29, 0.717) is 0 Å². The second kappa shape index (κ2) is 8.88. The molecule has 0 unspecified atom stereocenters. The van der Waals surface area contributed by atoms with Crippen LogP contribution in [0.3, 0.4) is 0 Å². The Kier molecular flexibility index (Phi) is 6.07. The number of hydrogen-bond donors (Lipinski definition) is 0. The standard InChI is InChI=1S/C22H27N5S/c1-17-8-9-18(2)20(15-17)27-21(19-7-6-10-23-16-19)24-25-22(27)28-14-13-26-11-4-3-5-12-26/h6-10,15-16H,3-5,11-14H2,1-2H3. The molecule has 0 N–H and O–H groups in total. The molecule has 0 radical (unpaired) electrons. The molecule has 3 heterocycles.